The van der Waals surface area contributed by atoms with Gasteiger partial charge in [0.15, 0.2) is 0 Å². The molecule has 0 radical (unpaired) electrons. The van der Waals surface area contributed by atoms with Crippen LogP contribution in [-0.2, 0) is 9.59 Å². The molecule has 0 aliphatic rings. The molecule has 0 fully saturated rings. The van der Waals surface area contributed by atoms with Crippen molar-refractivity contribution in [2.45, 2.75) is 218 Å². The molecule has 0 aromatic rings. The van der Waals surface area contributed by atoms with Crippen molar-refractivity contribution in [3.8, 4) is 0 Å². The smallest absolute Gasteiger partial charge is 0.550 e. The number of carboxylic acid groups (broad SMARTS) is 2. The Labute approximate surface area is 306 Å². The minimum Gasteiger partial charge on any atom is -0.550 e. The monoisotopic (exact) mass is 670 g/mol. The van der Waals surface area contributed by atoms with E-state index in [1.165, 1.54) is 38.5 Å². The second kappa shape index (κ2) is 38.5. The first-order chi connectivity index (χ1) is 21.1. The quantitative estimate of drug-likeness (QED) is 0.0539. The van der Waals surface area contributed by atoms with E-state index < -0.39 is 11.9 Å². The van der Waals surface area contributed by atoms with E-state index in [2.05, 4.69) is 13.8 Å². The molecule has 4 atom stereocenters. The normalized spacial score (nSPS) is 13.6. The van der Waals surface area contributed by atoms with Crippen molar-refractivity contribution in [1.29, 1.82) is 0 Å². The Kier molecular flexibility index (Phi) is 42.3. The number of rotatable bonds is 32. The molecule has 4 N–H and O–H groups in total. The number of aliphatic hydroxyl groups is 4. The van der Waals surface area contributed by atoms with Crippen molar-refractivity contribution >= 4 is 49.7 Å². The van der Waals surface area contributed by atoms with Gasteiger partial charge in [-0.15, -0.1) is 0 Å². The molecule has 264 valence electrons. The predicted octanol–water partition coefficient (Wildman–Crippen LogP) is 5.50. The van der Waals surface area contributed by atoms with Crippen molar-refractivity contribution in [3.63, 3.8) is 0 Å². The number of carboxylic acids is 2. The van der Waals surface area contributed by atoms with Gasteiger partial charge in [0, 0.05) is 11.9 Å². The summed E-state index contributed by atoms with van der Waals surface area (Å²) in [7, 11) is 0. The molecule has 8 nitrogen and oxygen atoms in total. The van der Waals surface area contributed by atoms with Crippen LogP contribution in [0.1, 0.15) is 194 Å². The minimum absolute atomic E-state index is 0. The van der Waals surface area contributed by atoms with Gasteiger partial charge in [0.05, 0.1) is 24.4 Å². The summed E-state index contributed by atoms with van der Waals surface area (Å²) in [6.45, 7) is 4.35. The van der Waals surface area contributed by atoms with Crippen LogP contribution < -0.4 is 10.2 Å². The summed E-state index contributed by atoms with van der Waals surface area (Å²) in [6, 6.07) is 0. The van der Waals surface area contributed by atoms with Gasteiger partial charge < -0.3 is 40.2 Å². The Morgan fingerprint density at radius 1 is 0.400 bits per heavy atom. The number of aliphatic hydroxyl groups excluding tert-OH is 4. The van der Waals surface area contributed by atoms with Crippen molar-refractivity contribution < 1.29 is 40.2 Å². The Bertz CT molecular complexity index is 570. The molecule has 0 aliphatic heterocycles. The SMILES string of the molecule is CCCCCCC(O)CCC(O)CCCCCCCC(=O)[O-].CCCCCCC(O)CCC(O)CCCCCCCC(=O)[O-].[Ca+2]. The molecule has 0 spiro atoms. The molecular formula is C36H70CaO8. The maximum absolute atomic E-state index is 10.2. The van der Waals surface area contributed by atoms with Gasteiger partial charge >= 0.3 is 37.7 Å². The Morgan fingerprint density at radius 3 is 0.867 bits per heavy atom. The van der Waals surface area contributed by atoms with E-state index >= 15 is 0 Å². The molecule has 0 aromatic heterocycles. The van der Waals surface area contributed by atoms with Gasteiger partial charge in [-0.2, -0.15) is 0 Å². The largest absolute Gasteiger partial charge is 2.00 e. The van der Waals surface area contributed by atoms with Crippen LogP contribution in [0.4, 0.5) is 0 Å². The molecule has 0 heterocycles. The van der Waals surface area contributed by atoms with Gasteiger partial charge in [-0.1, -0.05) is 117 Å². The summed E-state index contributed by atoms with van der Waals surface area (Å²) in [4.78, 5) is 20.5. The fraction of sp³-hybridized carbons (Fsp3) is 0.944. The summed E-state index contributed by atoms with van der Waals surface area (Å²) in [5.74, 6) is -1.94. The van der Waals surface area contributed by atoms with Crippen molar-refractivity contribution in [3.05, 3.63) is 0 Å². The molecule has 45 heavy (non-hydrogen) atoms. The average molecular weight is 671 g/mol. The molecule has 9 heteroatoms. The third kappa shape index (κ3) is 44.0. The third-order valence-corrected chi connectivity index (χ3v) is 8.28. The van der Waals surface area contributed by atoms with E-state index in [9.17, 15) is 40.2 Å². The molecule has 0 aliphatic carbocycles. The molecule has 0 aromatic carbocycles. The standard InChI is InChI=1S/2C18H36O4.Ca/c2*1-2-3-4-8-11-16(19)14-15-17(20)12-9-6-5-7-10-13-18(21)22;/h2*16-17,19-20H,2-15H2,1H3,(H,21,22);/q;;+2/p-2. The van der Waals surface area contributed by atoms with Crippen LogP contribution in [0.15, 0.2) is 0 Å². The molecule has 0 amide bonds. The summed E-state index contributed by atoms with van der Waals surface area (Å²) in [6.07, 6.45) is 23.8. The number of carbonyl (C=O) groups is 2. The van der Waals surface area contributed by atoms with Crippen LogP contribution in [-0.4, -0.2) is 94.5 Å². The Hall–Kier alpha value is 0.0397. The predicted molar refractivity (Wildman–Crippen MR) is 180 cm³/mol. The topological polar surface area (TPSA) is 161 Å². The third-order valence-electron chi connectivity index (χ3n) is 8.28. The summed E-state index contributed by atoms with van der Waals surface area (Å²) in [5.41, 5.74) is 0. The zero-order chi connectivity index (χ0) is 33.3. The van der Waals surface area contributed by atoms with Crippen LogP contribution in [0, 0.1) is 0 Å². The molecular weight excluding hydrogens is 600 g/mol. The van der Waals surface area contributed by atoms with E-state index in [1.54, 1.807) is 0 Å². The first-order valence-electron chi connectivity index (χ1n) is 18.2. The first-order valence-corrected chi connectivity index (χ1v) is 18.2. The van der Waals surface area contributed by atoms with Crippen LogP contribution in [0.3, 0.4) is 0 Å². The second-order valence-electron chi connectivity index (χ2n) is 12.8. The number of carbonyl (C=O) groups excluding carboxylic acids is 2. The maximum Gasteiger partial charge on any atom is 2.00 e. The Morgan fingerprint density at radius 2 is 0.622 bits per heavy atom. The fourth-order valence-corrected chi connectivity index (χ4v) is 5.32. The number of aliphatic carboxylic acids is 2. The van der Waals surface area contributed by atoms with Crippen molar-refractivity contribution in [2.75, 3.05) is 0 Å². The molecule has 0 saturated carbocycles. The summed E-state index contributed by atoms with van der Waals surface area (Å²) >= 11 is 0. The van der Waals surface area contributed by atoms with E-state index in [1.807, 2.05) is 0 Å². The van der Waals surface area contributed by atoms with Gasteiger partial charge in [-0.3, -0.25) is 0 Å². The van der Waals surface area contributed by atoms with Crippen molar-refractivity contribution in [2.24, 2.45) is 0 Å². The van der Waals surface area contributed by atoms with E-state index in [-0.39, 0.29) is 75.0 Å². The van der Waals surface area contributed by atoms with Crippen LogP contribution in [0.2, 0.25) is 0 Å². The molecule has 0 rings (SSSR count). The summed E-state index contributed by atoms with van der Waals surface area (Å²) < 4.78 is 0. The Balaban J connectivity index is -0.000000767. The summed E-state index contributed by atoms with van der Waals surface area (Å²) in [5, 5.41) is 59.9. The number of hydrogen-bond acceptors (Lipinski definition) is 8. The second-order valence-corrected chi connectivity index (χ2v) is 12.8. The first kappa shape index (κ1) is 49.4. The van der Waals surface area contributed by atoms with Gasteiger partial charge in [0.25, 0.3) is 0 Å². The van der Waals surface area contributed by atoms with Gasteiger partial charge in [0.1, 0.15) is 0 Å². The average Bonchev–Trinajstić information content (AvgIpc) is 2.98. The maximum atomic E-state index is 10.2. The minimum atomic E-state index is -0.969. The molecule has 0 bridgehead atoms. The number of hydrogen-bond donors (Lipinski definition) is 4. The zero-order valence-corrected chi connectivity index (χ0v) is 31.4. The van der Waals surface area contributed by atoms with Crippen LogP contribution in [0.5, 0.6) is 0 Å². The van der Waals surface area contributed by atoms with E-state index in [0.29, 0.717) is 38.5 Å². The van der Waals surface area contributed by atoms with Gasteiger partial charge in [0.2, 0.25) is 0 Å². The van der Waals surface area contributed by atoms with E-state index in [0.717, 1.165) is 89.9 Å². The zero-order valence-electron chi connectivity index (χ0n) is 29.2. The molecule has 4 unspecified atom stereocenters. The van der Waals surface area contributed by atoms with Gasteiger partial charge in [-0.25, -0.2) is 0 Å². The fourth-order valence-electron chi connectivity index (χ4n) is 5.32. The van der Waals surface area contributed by atoms with Gasteiger partial charge in [-0.05, 0) is 77.0 Å². The molecule has 0 saturated heterocycles. The van der Waals surface area contributed by atoms with E-state index in [4.69, 9.17) is 0 Å². The van der Waals surface area contributed by atoms with Crippen LogP contribution >= 0.6 is 0 Å². The number of unbranched alkanes of at least 4 members (excludes halogenated alkanes) is 14. The van der Waals surface area contributed by atoms with Crippen molar-refractivity contribution in [1.82, 2.24) is 0 Å². The van der Waals surface area contributed by atoms with Crippen LogP contribution in [0.25, 0.3) is 0 Å².